The number of aryl methyl sites for hydroxylation is 6. The lowest BCUT2D eigenvalue weighted by Crippen LogP contribution is -2.08. The van der Waals surface area contributed by atoms with E-state index in [4.69, 9.17) is 34.4 Å². The van der Waals surface area contributed by atoms with Gasteiger partial charge in [-0.2, -0.15) is 86.0 Å². The minimum atomic E-state index is -4.84. The molecule has 0 aliphatic heterocycles. The lowest BCUT2D eigenvalue weighted by Gasteiger charge is -2.11. The number of azo groups is 3. The number of nitrogen functional groups attached to an aromatic ring is 2. The molecule has 1 aromatic heterocycles. The van der Waals surface area contributed by atoms with E-state index in [2.05, 4.69) is 66.1 Å². The summed E-state index contributed by atoms with van der Waals surface area (Å²) < 4.78 is 190. The van der Waals surface area contributed by atoms with Crippen LogP contribution in [0.1, 0.15) is 70.1 Å². The lowest BCUT2D eigenvalue weighted by molar-refractivity contribution is 0.317. The monoisotopic (exact) mass is 1430 g/mol. The Kier molecular flexibility index (Phi) is 28.9. The molecule has 510 valence electrons. The highest BCUT2D eigenvalue weighted by molar-refractivity contribution is 7.91. The summed E-state index contributed by atoms with van der Waals surface area (Å²) in [7, 11) is -26.6. The fourth-order valence-electron chi connectivity index (χ4n) is 7.65. The van der Waals surface area contributed by atoms with E-state index in [1.165, 1.54) is 16.9 Å². The van der Waals surface area contributed by atoms with Gasteiger partial charge < -0.3 is 21.3 Å². The highest BCUT2D eigenvalue weighted by Crippen LogP contribution is 2.39. The number of fused-ring (bicyclic) bond motifs is 1. The van der Waals surface area contributed by atoms with Gasteiger partial charge in [-0.25, -0.2) is 0 Å². The van der Waals surface area contributed by atoms with Crippen molar-refractivity contribution in [3.8, 4) is 36.7 Å². The summed E-state index contributed by atoms with van der Waals surface area (Å²) in [6.07, 6.45) is 20.9. The Hall–Kier alpha value is -9.22. The minimum absolute atomic E-state index is 0.0103. The average molecular weight is 1430 g/mol. The largest absolute Gasteiger partial charge is 0.505 e. The second kappa shape index (κ2) is 34.3. The van der Waals surface area contributed by atoms with Gasteiger partial charge in [-0.05, 0) is 155 Å². The van der Waals surface area contributed by atoms with Crippen LogP contribution in [0, 0.1) is 66.7 Å². The molecule has 0 unspecified atom stereocenters. The normalized spacial score (nSPS) is 14.4. The number of aromatic hydroxyl groups is 1. The van der Waals surface area contributed by atoms with Crippen LogP contribution in [0.15, 0.2) is 141 Å². The van der Waals surface area contributed by atoms with Gasteiger partial charge in [0.05, 0.1) is 74.0 Å². The number of phenols is 1. The number of nitrogens with two attached hydrogens (primary N) is 2. The van der Waals surface area contributed by atoms with Crippen molar-refractivity contribution in [2.24, 2.45) is 30.7 Å². The molecule has 7 rings (SSSR count). The van der Waals surface area contributed by atoms with Crippen LogP contribution in [0.2, 0.25) is 0 Å². The number of benzene rings is 5. The Labute approximate surface area is 550 Å². The van der Waals surface area contributed by atoms with Crippen molar-refractivity contribution in [2.45, 2.75) is 84.1 Å². The van der Waals surface area contributed by atoms with Crippen LogP contribution < -0.4 is 16.2 Å². The fourth-order valence-corrected chi connectivity index (χ4v) is 10.6. The number of hydrogen-bond donors (Lipinski definition) is 9. The van der Waals surface area contributed by atoms with E-state index in [9.17, 15) is 64.7 Å². The zero-order chi connectivity index (χ0) is 72.2. The van der Waals surface area contributed by atoms with E-state index in [1.807, 2.05) is 65.8 Å². The Bertz CT molecular complexity index is 4850. The van der Waals surface area contributed by atoms with Crippen molar-refractivity contribution in [1.29, 1.82) is 0 Å². The Morgan fingerprint density at radius 1 is 0.611 bits per heavy atom. The van der Waals surface area contributed by atoms with Gasteiger partial charge in [0, 0.05) is 30.2 Å². The zero-order valence-corrected chi connectivity index (χ0v) is 56.8. The van der Waals surface area contributed by atoms with Crippen LogP contribution in [0.4, 0.5) is 45.5 Å². The minimum Gasteiger partial charge on any atom is -0.505 e. The number of ether oxygens (including phenoxy) is 1. The first-order valence-electron chi connectivity index (χ1n) is 26.8. The van der Waals surface area contributed by atoms with Gasteiger partial charge in [0.1, 0.15) is 27.7 Å². The fraction of sp³-hybridized carbons (Fsp3) is 0.241. The van der Waals surface area contributed by atoms with Gasteiger partial charge in [-0.3, -0.25) is 27.3 Å². The summed E-state index contributed by atoms with van der Waals surface area (Å²) >= 11 is 0. The van der Waals surface area contributed by atoms with Crippen LogP contribution in [-0.2, 0) is 73.7 Å². The van der Waals surface area contributed by atoms with E-state index in [0.717, 1.165) is 51.6 Å². The topological polar surface area (TPSA) is 513 Å². The Morgan fingerprint density at radius 2 is 1.09 bits per heavy atom. The van der Waals surface area contributed by atoms with Crippen LogP contribution >= 0.6 is 0 Å². The molecule has 37 heteroatoms. The van der Waals surface area contributed by atoms with Gasteiger partial charge in [-0.1, -0.05) is 30.4 Å². The van der Waals surface area contributed by atoms with Gasteiger partial charge in [-0.15, -0.1) is 35.4 Å². The van der Waals surface area contributed by atoms with E-state index in [-0.39, 0.29) is 49.5 Å². The smallest absolute Gasteiger partial charge is 0.296 e. The summed E-state index contributed by atoms with van der Waals surface area (Å²) in [5, 5.41) is 46.8. The van der Waals surface area contributed by atoms with Crippen molar-refractivity contribution >= 4 is 118 Å². The zero-order valence-electron chi connectivity index (χ0n) is 51.9. The van der Waals surface area contributed by atoms with Crippen LogP contribution in [0.25, 0.3) is 12.2 Å². The Morgan fingerprint density at radius 3 is 1.56 bits per heavy atom. The number of nitrogens with zero attached hydrogens (tertiary/aromatic N) is 9. The van der Waals surface area contributed by atoms with Gasteiger partial charge in [0.2, 0.25) is 0 Å². The first-order valence-corrected chi connectivity index (χ1v) is 36.0. The second-order valence-corrected chi connectivity index (χ2v) is 28.7. The van der Waals surface area contributed by atoms with Crippen molar-refractivity contribution in [1.82, 2.24) is 15.0 Å². The number of phenolic OH excluding ortho intramolecular Hbond substituents is 1. The molecule has 31 nitrogen and oxygen atoms in total. The van der Waals surface area contributed by atoms with Crippen molar-refractivity contribution in [3.05, 3.63) is 151 Å². The van der Waals surface area contributed by atoms with E-state index in [1.54, 1.807) is 43.3 Å². The van der Waals surface area contributed by atoms with Crippen LogP contribution in [-0.4, -0.2) is 117 Å². The van der Waals surface area contributed by atoms with Crippen LogP contribution in [0.5, 0.6) is 11.5 Å². The molecule has 0 atom stereocenters. The molecule has 11 N–H and O–H groups in total. The number of hydrogen-bond acceptors (Lipinski definition) is 24. The molecule has 6 aromatic rings. The molecule has 0 radical (unpaired) electrons. The SMILES string of the molecule is C#C.C#CC.CS(=O)(=O)O.Cc1cc(N=Nc2cc(C)c(N=Nc3cc(C)c(N=Nc4ccc(C)c(/C=C\Cn5nc6c(n5)C/C=C(S(=O)(=O)O)\C=C(\S(=O)(=O)O)C/C=C\6)c4O)cc3C)cc2C)c(OCCCS(=O)(=O)O)cc1N.Nc1ccc(S(=O)(=O)O)cc1S(=O)(=O)O. The summed E-state index contributed by atoms with van der Waals surface area (Å²) in [4.78, 5) is -1.46. The number of anilines is 2. The van der Waals surface area contributed by atoms with Gasteiger partial charge >= 0.3 is 0 Å². The van der Waals surface area contributed by atoms with Gasteiger partial charge in [0.15, 0.2) is 5.75 Å². The summed E-state index contributed by atoms with van der Waals surface area (Å²) in [5.74, 6) is 2.00. The summed E-state index contributed by atoms with van der Waals surface area (Å²) in [5.41, 5.74) is 20.1. The maximum atomic E-state index is 12.0. The third-order valence-electron chi connectivity index (χ3n) is 12.3. The molecule has 0 spiro atoms. The van der Waals surface area contributed by atoms with E-state index < -0.39 is 86.1 Å². The molecule has 0 bridgehead atoms. The maximum Gasteiger partial charge on any atom is 0.296 e. The van der Waals surface area contributed by atoms with Crippen molar-refractivity contribution in [3.63, 3.8) is 0 Å². The quantitative estimate of drug-likeness (QED) is 0.0127. The first-order chi connectivity index (χ1) is 43.9. The third-order valence-corrected chi connectivity index (χ3v) is 16.7. The summed E-state index contributed by atoms with van der Waals surface area (Å²) in [6.45, 7) is 12.9. The standard InChI is InChI=1S/C46H50N10O11S3.C6H7NO6S2.C3H4.C2H2.CH4O3S/c1-27-13-15-39(46(57)35(27)11-8-17-56-54-37-12-7-10-33(69(61,62)63)25-34(70(64,65)66)14-16-38(37)55-56)48-49-40-21-30(4)41(22-29(40)3)50-51-42-23-32(6)43(24-31(42)5)52-53-44-20-28(2)36(47)26-45(44)67-18-9-19-68(58,59)60;7-5-2-1-4(14(8,9)10)3-6(5)15(11,12)13;1-3-2;1-2;1-5(2,3)4/h7-8,11-15,20-26,57H,9-10,16-19,47H2,1-6H3,(H,58,59,60)(H,61,62,63)(H,64,65,66);1-3H,7H2,(H,8,9,10)(H,11,12,13);1H,2H3;1-2H;1H3,(H,2,3,4)/b11-8-,12-7-,33-25+,34-14+,49-48?,51-50?,53-52?;;;;. The average Bonchev–Trinajstić information content (AvgIpc) is 1.28. The molecule has 1 heterocycles. The van der Waals surface area contributed by atoms with Gasteiger partial charge in [0.25, 0.3) is 60.7 Å². The number of aromatic nitrogens is 3. The van der Waals surface area contributed by atoms with E-state index >= 15 is 0 Å². The van der Waals surface area contributed by atoms with Crippen molar-refractivity contribution in [2.75, 3.05) is 30.1 Å². The number of allylic oxidation sites excluding steroid dienone is 5. The molecule has 1 aliphatic carbocycles. The molecule has 0 fully saturated rings. The molecule has 0 amide bonds. The molecule has 0 saturated heterocycles. The lowest BCUT2D eigenvalue weighted by atomic mass is 10.1. The number of rotatable bonds is 18. The summed E-state index contributed by atoms with van der Waals surface area (Å²) in [6, 6.07) is 16.5. The predicted molar refractivity (Wildman–Crippen MR) is 357 cm³/mol. The maximum absolute atomic E-state index is 12.0. The molecule has 5 aromatic carbocycles. The highest BCUT2D eigenvalue weighted by Gasteiger charge is 2.22. The molecule has 0 saturated carbocycles. The van der Waals surface area contributed by atoms with Crippen LogP contribution in [0.3, 0.4) is 0 Å². The molecular weight excluding hydrogens is 1360 g/mol. The van der Waals surface area contributed by atoms with Crippen molar-refractivity contribution < 1.29 is 87.7 Å². The number of terminal acetylenes is 2. The molecular formula is C58H67N11O20S6. The Balaban J connectivity index is 0.000000792. The third kappa shape index (κ3) is 26.2. The molecule has 95 heavy (non-hydrogen) atoms. The molecule has 1 aliphatic rings. The first kappa shape index (κ1) is 80.0. The highest BCUT2D eigenvalue weighted by atomic mass is 32.2. The van der Waals surface area contributed by atoms with E-state index in [0.29, 0.717) is 75.2 Å². The predicted octanol–water partition coefficient (Wildman–Crippen LogP) is 10.7. The second-order valence-electron chi connectivity index (χ2n) is 19.9.